The van der Waals surface area contributed by atoms with Crippen molar-refractivity contribution in [1.29, 1.82) is 0 Å². The van der Waals surface area contributed by atoms with Gasteiger partial charge in [-0.15, -0.1) is 0 Å². The molecule has 1 aromatic carbocycles. The van der Waals surface area contributed by atoms with Crippen LogP contribution in [0.4, 0.5) is 5.95 Å². The van der Waals surface area contributed by atoms with Gasteiger partial charge in [0.05, 0.1) is 6.04 Å². The standard InChI is InChI=1S/C19H25N5O/c1-16(17-6-3-2-4-7-17)22-18(25)8-11-23-12-14-24(15-13-23)19-20-9-5-10-21-19/h2-7,9-10,16H,8,11-15H2,1H3,(H,22,25). The van der Waals surface area contributed by atoms with Gasteiger partial charge in [-0.05, 0) is 18.6 Å². The summed E-state index contributed by atoms with van der Waals surface area (Å²) in [5.41, 5.74) is 1.13. The van der Waals surface area contributed by atoms with E-state index in [2.05, 4.69) is 25.1 Å². The Balaban J connectivity index is 1.39. The van der Waals surface area contributed by atoms with Crippen molar-refractivity contribution in [3.63, 3.8) is 0 Å². The Hall–Kier alpha value is -2.47. The Labute approximate surface area is 148 Å². The molecular formula is C19H25N5O. The van der Waals surface area contributed by atoms with Crippen LogP contribution < -0.4 is 10.2 Å². The number of nitrogens with one attached hydrogen (secondary N) is 1. The predicted molar refractivity (Wildman–Crippen MR) is 98.3 cm³/mol. The molecule has 1 aliphatic heterocycles. The maximum atomic E-state index is 12.2. The lowest BCUT2D eigenvalue weighted by Crippen LogP contribution is -2.47. The number of benzene rings is 1. The van der Waals surface area contributed by atoms with Crippen molar-refractivity contribution in [2.45, 2.75) is 19.4 Å². The molecule has 1 unspecified atom stereocenters. The van der Waals surface area contributed by atoms with Crippen molar-refractivity contribution in [1.82, 2.24) is 20.2 Å². The molecule has 1 saturated heterocycles. The van der Waals surface area contributed by atoms with E-state index < -0.39 is 0 Å². The molecule has 2 aromatic rings. The monoisotopic (exact) mass is 339 g/mol. The molecule has 6 nitrogen and oxygen atoms in total. The van der Waals surface area contributed by atoms with Crippen molar-refractivity contribution in [3.05, 3.63) is 54.4 Å². The lowest BCUT2D eigenvalue weighted by atomic mass is 10.1. The molecular weight excluding hydrogens is 314 g/mol. The highest BCUT2D eigenvalue weighted by Crippen LogP contribution is 2.12. The zero-order valence-electron chi connectivity index (χ0n) is 14.6. The van der Waals surface area contributed by atoms with Crippen molar-refractivity contribution in [2.24, 2.45) is 0 Å². The number of hydrogen-bond donors (Lipinski definition) is 1. The maximum Gasteiger partial charge on any atom is 0.225 e. The minimum atomic E-state index is 0.0424. The number of piperazine rings is 1. The summed E-state index contributed by atoms with van der Waals surface area (Å²) in [5, 5.41) is 3.07. The number of nitrogens with zero attached hydrogens (tertiary/aromatic N) is 4. The summed E-state index contributed by atoms with van der Waals surface area (Å²) < 4.78 is 0. The lowest BCUT2D eigenvalue weighted by molar-refractivity contribution is -0.122. The first-order valence-electron chi connectivity index (χ1n) is 8.81. The summed E-state index contributed by atoms with van der Waals surface area (Å²) in [7, 11) is 0. The number of amides is 1. The molecule has 1 N–H and O–H groups in total. The molecule has 25 heavy (non-hydrogen) atoms. The number of aromatic nitrogens is 2. The van der Waals surface area contributed by atoms with E-state index in [1.54, 1.807) is 12.4 Å². The third kappa shape index (κ3) is 5.00. The largest absolute Gasteiger partial charge is 0.350 e. The second kappa shape index (κ2) is 8.58. The summed E-state index contributed by atoms with van der Waals surface area (Å²) in [4.78, 5) is 25.3. The second-order valence-electron chi connectivity index (χ2n) is 6.33. The van der Waals surface area contributed by atoms with Crippen LogP contribution in [0.1, 0.15) is 24.9 Å². The Kier molecular flexibility index (Phi) is 5.95. The quantitative estimate of drug-likeness (QED) is 0.870. The summed E-state index contributed by atoms with van der Waals surface area (Å²) in [6, 6.07) is 11.9. The van der Waals surface area contributed by atoms with Crippen LogP contribution in [0.5, 0.6) is 0 Å². The molecule has 132 valence electrons. The summed E-state index contributed by atoms with van der Waals surface area (Å²) in [5.74, 6) is 0.891. The van der Waals surface area contributed by atoms with Gasteiger partial charge in [0.1, 0.15) is 0 Å². The molecule has 0 spiro atoms. The van der Waals surface area contributed by atoms with Crippen LogP contribution in [0.15, 0.2) is 48.8 Å². The average molecular weight is 339 g/mol. The van der Waals surface area contributed by atoms with Crippen LogP contribution in [-0.2, 0) is 4.79 Å². The van der Waals surface area contributed by atoms with E-state index in [1.807, 2.05) is 43.3 Å². The van der Waals surface area contributed by atoms with Crippen molar-refractivity contribution in [2.75, 3.05) is 37.6 Å². The van der Waals surface area contributed by atoms with Crippen LogP contribution in [0.2, 0.25) is 0 Å². The van der Waals surface area contributed by atoms with E-state index in [-0.39, 0.29) is 11.9 Å². The van der Waals surface area contributed by atoms with E-state index >= 15 is 0 Å². The van der Waals surface area contributed by atoms with Gasteiger partial charge in [-0.25, -0.2) is 9.97 Å². The number of carbonyl (C=O) groups excluding carboxylic acids is 1. The summed E-state index contributed by atoms with van der Waals surface area (Å²) >= 11 is 0. The van der Waals surface area contributed by atoms with E-state index in [9.17, 15) is 4.79 Å². The number of carbonyl (C=O) groups is 1. The molecule has 6 heteroatoms. The van der Waals surface area contributed by atoms with Crippen LogP contribution in [0.3, 0.4) is 0 Å². The predicted octanol–water partition coefficient (Wildman–Crippen LogP) is 1.87. The molecule has 1 amide bonds. The second-order valence-corrected chi connectivity index (χ2v) is 6.33. The Morgan fingerprint density at radius 3 is 2.44 bits per heavy atom. The third-order valence-corrected chi connectivity index (χ3v) is 4.54. The van der Waals surface area contributed by atoms with Gasteiger partial charge in [0.15, 0.2) is 0 Å². The topological polar surface area (TPSA) is 61.4 Å². The van der Waals surface area contributed by atoms with Gasteiger partial charge in [0.2, 0.25) is 11.9 Å². The van der Waals surface area contributed by atoms with Crippen LogP contribution in [0.25, 0.3) is 0 Å². The SMILES string of the molecule is CC(NC(=O)CCN1CCN(c2ncccn2)CC1)c1ccccc1. The zero-order chi connectivity index (χ0) is 17.5. The first kappa shape index (κ1) is 17.4. The van der Waals surface area contributed by atoms with Gasteiger partial charge in [-0.1, -0.05) is 30.3 Å². The highest BCUT2D eigenvalue weighted by molar-refractivity contribution is 5.76. The van der Waals surface area contributed by atoms with Crippen molar-refractivity contribution < 1.29 is 4.79 Å². The fourth-order valence-corrected chi connectivity index (χ4v) is 3.02. The lowest BCUT2D eigenvalue weighted by Gasteiger charge is -2.34. The van der Waals surface area contributed by atoms with Gasteiger partial charge in [0, 0.05) is 51.5 Å². The van der Waals surface area contributed by atoms with E-state index in [0.29, 0.717) is 6.42 Å². The number of hydrogen-bond acceptors (Lipinski definition) is 5. The molecule has 2 heterocycles. The van der Waals surface area contributed by atoms with Gasteiger partial charge in [0.25, 0.3) is 0 Å². The van der Waals surface area contributed by atoms with Gasteiger partial charge >= 0.3 is 0 Å². The highest BCUT2D eigenvalue weighted by Gasteiger charge is 2.19. The minimum absolute atomic E-state index is 0.0424. The average Bonchev–Trinajstić information content (AvgIpc) is 2.68. The molecule has 0 aliphatic carbocycles. The Morgan fingerprint density at radius 1 is 1.08 bits per heavy atom. The summed E-state index contributed by atoms with van der Waals surface area (Å²) in [6.07, 6.45) is 4.07. The highest BCUT2D eigenvalue weighted by atomic mass is 16.1. The number of rotatable bonds is 6. The molecule has 1 aromatic heterocycles. The fourth-order valence-electron chi connectivity index (χ4n) is 3.02. The zero-order valence-corrected chi connectivity index (χ0v) is 14.6. The van der Waals surface area contributed by atoms with Crippen LogP contribution >= 0.6 is 0 Å². The molecule has 1 atom stereocenters. The van der Waals surface area contributed by atoms with Gasteiger partial charge in [-0.2, -0.15) is 0 Å². The summed E-state index contributed by atoms with van der Waals surface area (Å²) in [6.45, 7) is 6.46. The smallest absolute Gasteiger partial charge is 0.225 e. The van der Waals surface area contributed by atoms with Gasteiger partial charge < -0.3 is 10.2 Å². The normalized spacial score (nSPS) is 16.4. The minimum Gasteiger partial charge on any atom is -0.350 e. The third-order valence-electron chi connectivity index (χ3n) is 4.54. The first-order valence-corrected chi connectivity index (χ1v) is 8.81. The fraction of sp³-hybridized carbons (Fsp3) is 0.421. The van der Waals surface area contributed by atoms with Crippen LogP contribution in [-0.4, -0.2) is 53.5 Å². The van der Waals surface area contributed by atoms with E-state index in [4.69, 9.17) is 0 Å². The van der Waals surface area contributed by atoms with Crippen LogP contribution in [0, 0.1) is 0 Å². The molecule has 0 radical (unpaired) electrons. The maximum absolute atomic E-state index is 12.2. The number of anilines is 1. The Bertz CT molecular complexity index is 656. The van der Waals surface area contributed by atoms with E-state index in [1.165, 1.54) is 0 Å². The van der Waals surface area contributed by atoms with Crippen molar-refractivity contribution >= 4 is 11.9 Å². The molecule has 3 rings (SSSR count). The van der Waals surface area contributed by atoms with Gasteiger partial charge in [-0.3, -0.25) is 9.69 Å². The first-order chi connectivity index (χ1) is 12.2. The van der Waals surface area contributed by atoms with E-state index in [0.717, 1.165) is 44.2 Å². The molecule has 1 aliphatic rings. The Morgan fingerprint density at radius 2 is 1.76 bits per heavy atom. The van der Waals surface area contributed by atoms with Crippen molar-refractivity contribution in [3.8, 4) is 0 Å². The molecule has 1 fully saturated rings. The molecule has 0 bridgehead atoms. The molecule has 0 saturated carbocycles.